The van der Waals surface area contributed by atoms with Crippen LogP contribution in [0.25, 0.3) is 0 Å². The molecule has 0 spiro atoms. The predicted molar refractivity (Wildman–Crippen MR) is 83.6 cm³/mol. The van der Waals surface area contributed by atoms with E-state index < -0.39 is 0 Å². The lowest BCUT2D eigenvalue weighted by Gasteiger charge is -2.21. The molecule has 1 saturated heterocycles. The Kier molecular flexibility index (Phi) is 4.76. The highest BCUT2D eigenvalue weighted by Crippen LogP contribution is 2.27. The zero-order chi connectivity index (χ0) is 15.4. The monoisotopic (exact) mass is 301 g/mol. The molecular weight excluding hydrogens is 278 g/mol. The van der Waals surface area contributed by atoms with E-state index in [0.29, 0.717) is 25.4 Å². The van der Waals surface area contributed by atoms with Crippen LogP contribution in [0.4, 0.5) is 4.79 Å². The van der Waals surface area contributed by atoms with Gasteiger partial charge in [-0.05, 0) is 24.8 Å². The maximum absolute atomic E-state index is 12.2. The zero-order valence-corrected chi connectivity index (χ0v) is 12.9. The molecule has 1 atom stereocenters. The van der Waals surface area contributed by atoms with Crippen molar-refractivity contribution in [3.8, 4) is 0 Å². The highest BCUT2D eigenvalue weighted by molar-refractivity contribution is 5.82. The largest absolute Gasteiger partial charge is 0.447 e. The Labute approximate surface area is 131 Å². The third-order valence-corrected chi connectivity index (χ3v) is 4.80. The van der Waals surface area contributed by atoms with Gasteiger partial charge in [-0.25, -0.2) is 4.79 Å². The van der Waals surface area contributed by atoms with Crippen molar-refractivity contribution in [3.63, 3.8) is 0 Å². The molecule has 1 aromatic carbocycles. The Morgan fingerprint density at radius 2 is 1.91 bits per heavy atom. The van der Waals surface area contributed by atoms with Gasteiger partial charge in [0.15, 0.2) is 0 Å². The van der Waals surface area contributed by atoms with E-state index in [-0.39, 0.29) is 18.1 Å². The van der Waals surface area contributed by atoms with Crippen LogP contribution in [0.2, 0.25) is 0 Å². The molecule has 1 amide bonds. The molecule has 1 aliphatic heterocycles. The Balaban J connectivity index is 1.55. The SMILES string of the molecule is O=C(CCN1C(=O)OCC1Cc1ccccc1)C1CCCC1. The van der Waals surface area contributed by atoms with Crippen LogP contribution in [0, 0.1) is 5.92 Å². The molecule has 3 rings (SSSR count). The van der Waals surface area contributed by atoms with Crippen LogP contribution in [0.1, 0.15) is 37.7 Å². The average Bonchev–Trinajstić information content (AvgIpc) is 3.17. The molecular formula is C18H23NO3. The molecule has 0 bridgehead atoms. The quantitative estimate of drug-likeness (QED) is 0.810. The summed E-state index contributed by atoms with van der Waals surface area (Å²) in [5, 5.41) is 0. The van der Waals surface area contributed by atoms with Crippen molar-refractivity contribution in [2.45, 2.75) is 44.6 Å². The molecule has 0 aromatic heterocycles. The first-order valence-corrected chi connectivity index (χ1v) is 8.24. The first-order chi connectivity index (χ1) is 10.7. The summed E-state index contributed by atoms with van der Waals surface area (Å²) >= 11 is 0. The number of rotatable bonds is 6. The summed E-state index contributed by atoms with van der Waals surface area (Å²) in [6, 6.07) is 10.2. The molecule has 4 nitrogen and oxygen atoms in total. The average molecular weight is 301 g/mol. The lowest BCUT2D eigenvalue weighted by atomic mass is 9.99. The summed E-state index contributed by atoms with van der Waals surface area (Å²) < 4.78 is 5.18. The Bertz CT molecular complexity index is 522. The minimum Gasteiger partial charge on any atom is -0.447 e. The zero-order valence-electron chi connectivity index (χ0n) is 12.9. The normalized spacial score (nSPS) is 22.1. The van der Waals surface area contributed by atoms with Crippen molar-refractivity contribution in [2.75, 3.05) is 13.2 Å². The van der Waals surface area contributed by atoms with Crippen LogP contribution in [0.5, 0.6) is 0 Å². The fraction of sp³-hybridized carbons (Fsp3) is 0.556. The van der Waals surface area contributed by atoms with E-state index in [1.165, 1.54) is 18.4 Å². The highest BCUT2D eigenvalue weighted by atomic mass is 16.6. The second-order valence-corrected chi connectivity index (χ2v) is 6.31. The first kappa shape index (κ1) is 15.1. The number of ketones is 1. The summed E-state index contributed by atoms with van der Waals surface area (Å²) in [4.78, 5) is 25.8. The third kappa shape index (κ3) is 3.49. The molecule has 4 heteroatoms. The van der Waals surface area contributed by atoms with Gasteiger partial charge in [0, 0.05) is 18.9 Å². The van der Waals surface area contributed by atoms with Gasteiger partial charge in [-0.3, -0.25) is 4.79 Å². The molecule has 1 saturated carbocycles. The van der Waals surface area contributed by atoms with Crippen molar-refractivity contribution in [3.05, 3.63) is 35.9 Å². The molecule has 0 N–H and O–H groups in total. The molecule has 118 valence electrons. The number of benzene rings is 1. The van der Waals surface area contributed by atoms with Crippen LogP contribution in [0.15, 0.2) is 30.3 Å². The summed E-state index contributed by atoms with van der Waals surface area (Å²) in [7, 11) is 0. The fourth-order valence-corrected chi connectivity index (χ4v) is 3.50. The van der Waals surface area contributed by atoms with E-state index >= 15 is 0 Å². The molecule has 2 aliphatic rings. The minimum atomic E-state index is -0.278. The molecule has 1 heterocycles. The molecule has 1 aliphatic carbocycles. The van der Waals surface area contributed by atoms with Gasteiger partial charge in [-0.2, -0.15) is 0 Å². The van der Waals surface area contributed by atoms with Gasteiger partial charge < -0.3 is 9.64 Å². The van der Waals surface area contributed by atoms with E-state index in [1.54, 1.807) is 4.90 Å². The number of amides is 1. The lowest BCUT2D eigenvalue weighted by molar-refractivity contribution is -0.122. The van der Waals surface area contributed by atoms with E-state index in [2.05, 4.69) is 12.1 Å². The van der Waals surface area contributed by atoms with Crippen LogP contribution >= 0.6 is 0 Å². The minimum absolute atomic E-state index is 0.0475. The van der Waals surface area contributed by atoms with E-state index in [1.807, 2.05) is 18.2 Å². The predicted octanol–water partition coefficient (Wildman–Crippen LogP) is 3.20. The van der Waals surface area contributed by atoms with Gasteiger partial charge in [-0.1, -0.05) is 43.2 Å². The van der Waals surface area contributed by atoms with Gasteiger partial charge in [0.2, 0.25) is 0 Å². The molecule has 1 unspecified atom stereocenters. The summed E-state index contributed by atoms with van der Waals surface area (Å²) in [5.41, 5.74) is 1.19. The van der Waals surface area contributed by atoms with Crippen molar-refractivity contribution >= 4 is 11.9 Å². The summed E-state index contributed by atoms with van der Waals surface area (Å²) in [5.74, 6) is 0.543. The molecule has 0 radical (unpaired) electrons. The number of nitrogens with zero attached hydrogens (tertiary/aromatic N) is 1. The van der Waals surface area contributed by atoms with Crippen molar-refractivity contribution in [1.82, 2.24) is 4.90 Å². The Hall–Kier alpha value is -1.84. The van der Waals surface area contributed by atoms with Crippen LogP contribution in [-0.4, -0.2) is 36.0 Å². The Morgan fingerprint density at radius 3 is 2.64 bits per heavy atom. The first-order valence-electron chi connectivity index (χ1n) is 8.24. The van der Waals surface area contributed by atoms with Crippen molar-refractivity contribution in [1.29, 1.82) is 0 Å². The second-order valence-electron chi connectivity index (χ2n) is 6.31. The number of cyclic esters (lactones) is 1. The number of carbonyl (C=O) groups is 2. The summed E-state index contributed by atoms with van der Waals surface area (Å²) in [6.45, 7) is 0.914. The third-order valence-electron chi connectivity index (χ3n) is 4.80. The van der Waals surface area contributed by atoms with Crippen molar-refractivity contribution < 1.29 is 14.3 Å². The topological polar surface area (TPSA) is 46.6 Å². The number of hydrogen-bond acceptors (Lipinski definition) is 3. The van der Waals surface area contributed by atoms with E-state index in [9.17, 15) is 9.59 Å². The highest BCUT2D eigenvalue weighted by Gasteiger charge is 2.33. The summed E-state index contributed by atoms with van der Waals surface area (Å²) in [6.07, 6.45) is 5.35. The molecule has 22 heavy (non-hydrogen) atoms. The second kappa shape index (κ2) is 6.95. The number of hydrogen-bond donors (Lipinski definition) is 0. The van der Waals surface area contributed by atoms with Gasteiger partial charge in [-0.15, -0.1) is 0 Å². The number of Topliss-reactive ketones (excluding diaryl/α,β-unsaturated/α-hetero) is 1. The van der Waals surface area contributed by atoms with Crippen LogP contribution in [-0.2, 0) is 16.0 Å². The molecule has 2 fully saturated rings. The smallest absolute Gasteiger partial charge is 0.410 e. The fourth-order valence-electron chi connectivity index (χ4n) is 3.50. The number of carbonyl (C=O) groups excluding carboxylic acids is 2. The van der Waals surface area contributed by atoms with E-state index in [4.69, 9.17) is 4.74 Å². The molecule has 1 aromatic rings. The lowest BCUT2D eigenvalue weighted by Crippen LogP contribution is -2.37. The van der Waals surface area contributed by atoms with Crippen LogP contribution in [0.3, 0.4) is 0 Å². The number of ether oxygens (including phenoxy) is 1. The van der Waals surface area contributed by atoms with Gasteiger partial charge >= 0.3 is 6.09 Å². The van der Waals surface area contributed by atoms with Gasteiger partial charge in [0.1, 0.15) is 12.4 Å². The van der Waals surface area contributed by atoms with Gasteiger partial charge in [0.25, 0.3) is 0 Å². The standard InChI is InChI=1S/C18H23NO3/c20-17(15-8-4-5-9-15)10-11-19-16(13-22-18(19)21)12-14-6-2-1-3-7-14/h1-3,6-7,15-16H,4-5,8-13H2. The maximum Gasteiger partial charge on any atom is 0.410 e. The van der Waals surface area contributed by atoms with Gasteiger partial charge in [0.05, 0.1) is 6.04 Å². The van der Waals surface area contributed by atoms with E-state index in [0.717, 1.165) is 19.3 Å². The van der Waals surface area contributed by atoms with Crippen LogP contribution < -0.4 is 0 Å². The Morgan fingerprint density at radius 1 is 1.18 bits per heavy atom. The maximum atomic E-state index is 12.2. The van der Waals surface area contributed by atoms with Crippen molar-refractivity contribution in [2.24, 2.45) is 5.92 Å².